The van der Waals surface area contributed by atoms with Gasteiger partial charge in [-0.25, -0.2) is 4.98 Å². The Bertz CT molecular complexity index is 1960. The zero-order valence-corrected chi connectivity index (χ0v) is 25.2. The highest BCUT2D eigenvalue weighted by molar-refractivity contribution is 7.92. The molecule has 4 aromatic rings. The molecule has 6 rings (SSSR count). The first-order valence-corrected chi connectivity index (χ1v) is 15.3. The summed E-state index contributed by atoms with van der Waals surface area (Å²) >= 11 is 0. The van der Waals surface area contributed by atoms with Gasteiger partial charge in [-0.05, 0) is 78.1 Å². The molecule has 1 unspecified atom stereocenters. The van der Waals surface area contributed by atoms with Crippen molar-refractivity contribution in [1.82, 2.24) is 20.2 Å². The number of anilines is 2. The number of carbonyl (C=O) groups excluding carboxylic acids is 3. The predicted molar refractivity (Wildman–Crippen MR) is 165 cm³/mol. The number of carbonyl (C=O) groups is 3. The molecule has 0 saturated carbocycles. The van der Waals surface area contributed by atoms with Crippen LogP contribution >= 0.6 is 0 Å². The van der Waals surface area contributed by atoms with Crippen LogP contribution in [0.4, 0.5) is 11.4 Å². The predicted octanol–water partition coefficient (Wildman–Crippen LogP) is 2.88. The van der Waals surface area contributed by atoms with Gasteiger partial charge in [-0.3, -0.25) is 19.2 Å². The van der Waals surface area contributed by atoms with Crippen LogP contribution in [0.3, 0.4) is 0 Å². The molecule has 0 aliphatic carbocycles. The first kappa shape index (κ1) is 30.3. The number of amides is 3. The van der Waals surface area contributed by atoms with E-state index in [2.05, 4.69) is 32.2 Å². The summed E-state index contributed by atoms with van der Waals surface area (Å²) in [4.78, 5) is 59.8. The first-order valence-electron chi connectivity index (χ1n) is 13.7. The van der Waals surface area contributed by atoms with Crippen LogP contribution in [0.2, 0.25) is 0 Å². The Hall–Kier alpha value is -5.17. The van der Waals surface area contributed by atoms with E-state index in [4.69, 9.17) is 0 Å². The minimum atomic E-state index is -3.93. The number of aromatic nitrogens is 2. The lowest BCUT2D eigenvalue weighted by atomic mass is 9.94. The van der Waals surface area contributed by atoms with Gasteiger partial charge in [0.15, 0.2) is 6.26 Å². The lowest BCUT2D eigenvalue weighted by Crippen LogP contribution is -2.37. The van der Waals surface area contributed by atoms with Gasteiger partial charge in [0.1, 0.15) is 17.5 Å². The summed E-state index contributed by atoms with van der Waals surface area (Å²) in [6, 6.07) is 11.9. The van der Waals surface area contributed by atoms with Gasteiger partial charge in [0, 0.05) is 31.4 Å². The van der Waals surface area contributed by atoms with Crippen molar-refractivity contribution in [2.45, 2.75) is 44.8 Å². The van der Waals surface area contributed by atoms with Crippen molar-refractivity contribution >= 4 is 49.8 Å². The Balaban J connectivity index is 1.62. The number of aromatic amines is 1. The first-order chi connectivity index (χ1) is 20.8. The van der Waals surface area contributed by atoms with E-state index in [1.807, 2.05) is 26.0 Å². The van der Waals surface area contributed by atoms with Crippen molar-refractivity contribution < 1.29 is 22.8 Å². The lowest BCUT2D eigenvalue weighted by Gasteiger charge is -2.26. The van der Waals surface area contributed by atoms with Gasteiger partial charge < -0.3 is 25.8 Å². The summed E-state index contributed by atoms with van der Waals surface area (Å²) < 4.78 is 24.9. The van der Waals surface area contributed by atoms with Crippen molar-refractivity contribution in [2.24, 2.45) is 0 Å². The fourth-order valence-electron chi connectivity index (χ4n) is 5.29. The van der Waals surface area contributed by atoms with E-state index in [1.165, 1.54) is 36.4 Å². The van der Waals surface area contributed by atoms with Gasteiger partial charge >= 0.3 is 9.84 Å². The number of H-pyrrole nitrogens is 1. The topological polar surface area (TPSA) is 170 Å². The number of fused-ring (bicyclic) bond motifs is 10. The van der Waals surface area contributed by atoms with Crippen LogP contribution in [-0.4, -0.2) is 47.6 Å². The highest BCUT2D eigenvalue weighted by Crippen LogP contribution is 2.28. The van der Waals surface area contributed by atoms with Crippen LogP contribution in [0.1, 0.15) is 40.8 Å². The number of hydrogen-bond acceptors (Lipinski definition) is 8. The Morgan fingerprint density at radius 2 is 1.75 bits per heavy atom. The second-order valence-corrected chi connectivity index (χ2v) is 12.4. The molecule has 1 aromatic heterocycles. The quantitative estimate of drug-likeness (QED) is 0.255. The highest BCUT2D eigenvalue weighted by atomic mass is 32.2. The van der Waals surface area contributed by atoms with Crippen molar-refractivity contribution in [3.63, 3.8) is 0 Å². The average molecular weight is 616 g/mol. The van der Waals surface area contributed by atoms with E-state index in [9.17, 15) is 27.6 Å². The molecule has 12 nitrogen and oxygen atoms in total. The van der Waals surface area contributed by atoms with Gasteiger partial charge in [-0.15, -0.1) is 0 Å². The molecule has 4 bridgehead atoms. The monoisotopic (exact) mass is 615 g/mol. The van der Waals surface area contributed by atoms with Crippen LogP contribution < -0.4 is 21.5 Å². The summed E-state index contributed by atoms with van der Waals surface area (Å²) in [5.41, 5.74) is 4.18. The normalized spacial score (nSPS) is 16.0. The molecule has 1 atom stereocenters. The van der Waals surface area contributed by atoms with Gasteiger partial charge in [-0.2, -0.15) is 8.42 Å². The van der Waals surface area contributed by atoms with E-state index < -0.39 is 27.7 Å². The van der Waals surface area contributed by atoms with Crippen molar-refractivity contribution in [3.8, 4) is 0 Å². The smallest absolute Gasteiger partial charge is 0.319 e. The molecule has 0 saturated heterocycles. The largest absolute Gasteiger partial charge is 0.370 e. The molecule has 3 heterocycles. The number of benzene rings is 3. The van der Waals surface area contributed by atoms with Gasteiger partial charge in [0.05, 0.1) is 17.2 Å². The SMILES string of the molecule is [CH2+]S(=O)(=O)c1ccc2cc1CNC(=O)C(Nc1ccc3nc[nH]c(=O)c3c1)c1cc(C)c(c(C)c1)CN(C(C)=O)CC(=O)N2. The van der Waals surface area contributed by atoms with E-state index >= 15 is 0 Å². The molecule has 226 valence electrons. The summed E-state index contributed by atoms with van der Waals surface area (Å²) in [6.45, 7) is 4.85. The Morgan fingerprint density at radius 1 is 1.02 bits per heavy atom. The maximum absolute atomic E-state index is 13.9. The van der Waals surface area contributed by atoms with E-state index in [0.29, 0.717) is 27.8 Å². The minimum Gasteiger partial charge on any atom is -0.370 e. The molecule has 3 amide bonds. The number of rotatable bonds is 3. The summed E-state index contributed by atoms with van der Waals surface area (Å²) in [5, 5.41) is 9.10. The van der Waals surface area contributed by atoms with Gasteiger partial charge in [0.2, 0.25) is 17.7 Å². The summed E-state index contributed by atoms with van der Waals surface area (Å²) in [5.74, 6) is -1.24. The maximum Gasteiger partial charge on any atom is 0.319 e. The maximum atomic E-state index is 13.9. The van der Waals surface area contributed by atoms with E-state index in [0.717, 1.165) is 16.7 Å². The second-order valence-electron chi connectivity index (χ2n) is 10.8. The van der Waals surface area contributed by atoms with Gasteiger partial charge in [-0.1, -0.05) is 12.1 Å². The van der Waals surface area contributed by atoms with Crippen molar-refractivity contribution in [3.05, 3.63) is 99.3 Å². The summed E-state index contributed by atoms with van der Waals surface area (Å²) in [7, 11) is -3.93. The fraction of sp³-hybridized carbons (Fsp3) is 0.226. The minimum absolute atomic E-state index is 0.107. The zero-order chi connectivity index (χ0) is 31.8. The van der Waals surface area contributed by atoms with Crippen molar-refractivity contribution in [2.75, 3.05) is 17.2 Å². The molecule has 3 aromatic carbocycles. The van der Waals surface area contributed by atoms with Crippen LogP contribution in [0.5, 0.6) is 0 Å². The molecular weight excluding hydrogens is 584 g/mol. The van der Waals surface area contributed by atoms with Crippen LogP contribution in [0, 0.1) is 20.1 Å². The number of nitrogens with zero attached hydrogens (tertiary/aromatic N) is 2. The number of aryl methyl sites for hydroxylation is 2. The number of sulfone groups is 1. The standard InChI is InChI=1S/C31H30N6O6S/c1-17-9-20-10-18(2)25(17)14-37(19(3)38)15-28(39)35-22-6-8-27(44(4,42)43)21(11-22)13-32-31(41)29(20)36-23-5-7-26-24(12-23)30(40)34-16-33-26/h5-12,16,29,36H,4,13-15H2,1-3H3,(H2-,32,33,34,35,39,40,41)/p+1. The molecular formula is C31H31N6O6S+. The third-order valence-electron chi connectivity index (χ3n) is 7.53. The van der Waals surface area contributed by atoms with E-state index in [1.54, 1.807) is 18.2 Å². The third-order valence-corrected chi connectivity index (χ3v) is 8.59. The molecule has 2 aliphatic rings. The summed E-state index contributed by atoms with van der Waals surface area (Å²) in [6.07, 6.45) is 4.57. The molecule has 0 radical (unpaired) electrons. The Morgan fingerprint density at radius 3 is 2.43 bits per heavy atom. The molecule has 0 fully saturated rings. The number of hydrogen-bond donors (Lipinski definition) is 4. The van der Waals surface area contributed by atoms with Crippen LogP contribution in [0.15, 0.2) is 64.5 Å². The molecule has 4 N–H and O–H groups in total. The van der Waals surface area contributed by atoms with E-state index in [-0.39, 0.29) is 41.6 Å². The second kappa shape index (κ2) is 11.8. The molecule has 2 aliphatic heterocycles. The molecule has 0 spiro atoms. The fourth-order valence-corrected chi connectivity index (χ4v) is 6.10. The Kier molecular flexibility index (Phi) is 8.15. The average Bonchev–Trinajstić information content (AvgIpc) is 2.95. The van der Waals surface area contributed by atoms with Crippen LogP contribution in [-0.2, 0) is 37.3 Å². The third kappa shape index (κ3) is 6.42. The van der Waals surface area contributed by atoms with Crippen molar-refractivity contribution in [1.29, 1.82) is 0 Å². The van der Waals surface area contributed by atoms with Crippen LogP contribution in [0.25, 0.3) is 10.9 Å². The Labute approximate surface area is 253 Å². The number of nitrogens with one attached hydrogen (secondary N) is 4. The molecule has 13 heteroatoms. The lowest BCUT2D eigenvalue weighted by molar-refractivity contribution is -0.133. The molecule has 44 heavy (non-hydrogen) atoms. The highest BCUT2D eigenvalue weighted by Gasteiger charge is 2.26. The van der Waals surface area contributed by atoms with Gasteiger partial charge in [0.25, 0.3) is 5.56 Å². The zero-order valence-electron chi connectivity index (χ0n) is 24.4.